The van der Waals surface area contributed by atoms with Gasteiger partial charge in [-0.2, -0.15) is 0 Å². The Morgan fingerprint density at radius 1 is 1.43 bits per heavy atom. The quantitative estimate of drug-likeness (QED) is 0.790. The van der Waals surface area contributed by atoms with E-state index in [4.69, 9.17) is 9.47 Å². The topological polar surface area (TPSA) is 59.6 Å². The molecule has 1 heterocycles. The molecule has 2 unspecified atom stereocenters. The maximum absolute atomic E-state index is 12.6. The van der Waals surface area contributed by atoms with Crippen LogP contribution in [0.5, 0.6) is 11.5 Å². The van der Waals surface area contributed by atoms with E-state index in [1.165, 1.54) is 0 Å². The lowest BCUT2D eigenvalue weighted by Gasteiger charge is -2.28. The summed E-state index contributed by atoms with van der Waals surface area (Å²) in [7, 11) is 3.17. The van der Waals surface area contributed by atoms with Crippen molar-refractivity contribution in [3.63, 3.8) is 0 Å². The summed E-state index contributed by atoms with van der Waals surface area (Å²) in [5, 5.41) is 6.51. The summed E-state index contributed by atoms with van der Waals surface area (Å²) in [4.78, 5) is 12.6. The van der Waals surface area contributed by atoms with Gasteiger partial charge in [0.15, 0.2) is 11.5 Å². The Kier molecular flexibility index (Phi) is 6.04. The Labute approximate surface area is 138 Å². The number of ether oxygens (including phenoxy) is 2. The summed E-state index contributed by atoms with van der Waals surface area (Å²) in [5.41, 5.74) is 1.48. The molecule has 0 aliphatic carbocycles. The molecule has 2 rings (SSSR count). The van der Waals surface area contributed by atoms with Crippen LogP contribution in [0.4, 0.5) is 0 Å². The van der Waals surface area contributed by atoms with E-state index < -0.39 is 0 Å². The van der Waals surface area contributed by atoms with E-state index in [-0.39, 0.29) is 11.9 Å². The van der Waals surface area contributed by atoms with Gasteiger partial charge in [-0.3, -0.25) is 4.79 Å². The van der Waals surface area contributed by atoms with Crippen LogP contribution in [0.15, 0.2) is 24.8 Å². The van der Waals surface area contributed by atoms with Crippen LogP contribution in [0.3, 0.4) is 0 Å². The molecule has 1 saturated heterocycles. The maximum atomic E-state index is 12.6. The Balaban J connectivity index is 2.21. The van der Waals surface area contributed by atoms with E-state index in [2.05, 4.69) is 24.1 Å². The molecule has 0 bridgehead atoms. The smallest absolute Gasteiger partial charge is 0.251 e. The summed E-state index contributed by atoms with van der Waals surface area (Å²) in [6, 6.07) is 4.21. The molecule has 2 atom stereocenters. The maximum Gasteiger partial charge on any atom is 0.251 e. The Morgan fingerprint density at radius 3 is 2.83 bits per heavy atom. The van der Waals surface area contributed by atoms with Gasteiger partial charge in [0.05, 0.1) is 14.2 Å². The van der Waals surface area contributed by atoms with Gasteiger partial charge in [-0.25, -0.2) is 0 Å². The molecule has 2 N–H and O–H groups in total. The monoisotopic (exact) mass is 318 g/mol. The third-order valence-corrected chi connectivity index (χ3v) is 4.14. The van der Waals surface area contributed by atoms with Crippen molar-refractivity contribution in [3.05, 3.63) is 35.9 Å². The molecule has 1 aromatic rings. The fourth-order valence-corrected chi connectivity index (χ4v) is 3.01. The number of methoxy groups -OCH3 is 2. The molecule has 1 fully saturated rings. The lowest BCUT2D eigenvalue weighted by Crippen LogP contribution is -2.46. The predicted molar refractivity (Wildman–Crippen MR) is 91.4 cm³/mol. The van der Waals surface area contributed by atoms with E-state index in [1.54, 1.807) is 26.4 Å². The lowest BCUT2D eigenvalue weighted by atomic mass is 9.99. The van der Waals surface area contributed by atoms with Gasteiger partial charge < -0.3 is 20.1 Å². The van der Waals surface area contributed by atoms with Gasteiger partial charge in [0.1, 0.15) is 0 Å². The first kappa shape index (κ1) is 17.3. The number of allylic oxidation sites excluding steroid dienone is 1. The van der Waals surface area contributed by atoms with Crippen LogP contribution in [0.1, 0.15) is 35.7 Å². The number of amides is 1. The van der Waals surface area contributed by atoms with Crippen LogP contribution in [-0.4, -0.2) is 38.8 Å². The molecule has 23 heavy (non-hydrogen) atoms. The first-order valence-corrected chi connectivity index (χ1v) is 7.99. The molecule has 5 heteroatoms. The van der Waals surface area contributed by atoms with E-state index in [1.807, 2.05) is 6.07 Å². The summed E-state index contributed by atoms with van der Waals surface area (Å²) >= 11 is 0. The van der Waals surface area contributed by atoms with Crippen molar-refractivity contribution in [1.29, 1.82) is 0 Å². The molecular formula is C18H26N2O3. The van der Waals surface area contributed by atoms with Gasteiger partial charge in [-0.15, -0.1) is 6.58 Å². The number of piperidine rings is 1. The minimum atomic E-state index is -0.0737. The summed E-state index contributed by atoms with van der Waals surface area (Å²) in [5.74, 6) is 1.14. The number of nitrogens with one attached hydrogen (secondary N) is 2. The highest BCUT2D eigenvalue weighted by Crippen LogP contribution is 2.33. The zero-order valence-electron chi connectivity index (χ0n) is 14.1. The van der Waals surface area contributed by atoms with Gasteiger partial charge >= 0.3 is 0 Å². The Bertz CT molecular complexity index is 572. The fraction of sp³-hybridized carbons (Fsp3) is 0.500. The minimum Gasteiger partial charge on any atom is -0.493 e. The molecule has 1 aliphatic rings. The zero-order valence-corrected chi connectivity index (χ0v) is 14.1. The highest BCUT2D eigenvalue weighted by molar-refractivity contribution is 5.95. The van der Waals surface area contributed by atoms with Gasteiger partial charge in [0, 0.05) is 23.2 Å². The molecule has 0 spiro atoms. The largest absolute Gasteiger partial charge is 0.493 e. The van der Waals surface area contributed by atoms with Crippen LogP contribution in [0.2, 0.25) is 0 Å². The second kappa shape index (κ2) is 8.02. The fourth-order valence-electron chi connectivity index (χ4n) is 3.01. The van der Waals surface area contributed by atoms with Gasteiger partial charge in [0.2, 0.25) is 0 Å². The third-order valence-electron chi connectivity index (χ3n) is 4.14. The van der Waals surface area contributed by atoms with Crippen molar-refractivity contribution < 1.29 is 14.3 Å². The molecule has 126 valence electrons. The lowest BCUT2D eigenvalue weighted by molar-refractivity contribution is 0.0925. The number of carbonyl (C=O) groups excluding carboxylic acids is 1. The number of hydrogen-bond acceptors (Lipinski definition) is 4. The van der Waals surface area contributed by atoms with Gasteiger partial charge in [0.25, 0.3) is 5.91 Å². The van der Waals surface area contributed by atoms with Crippen LogP contribution in [0, 0.1) is 0 Å². The van der Waals surface area contributed by atoms with Crippen molar-refractivity contribution in [1.82, 2.24) is 10.6 Å². The first-order chi connectivity index (χ1) is 11.1. The Hall–Kier alpha value is -2.01. The number of hydrogen-bond donors (Lipinski definition) is 2. The molecule has 0 radical (unpaired) electrons. The van der Waals surface area contributed by atoms with Crippen molar-refractivity contribution in [3.8, 4) is 11.5 Å². The van der Waals surface area contributed by atoms with E-state index >= 15 is 0 Å². The van der Waals surface area contributed by atoms with Crippen molar-refractivity contribution >= 4 is 5.91 Å². The molecule has 5 nitrogen and oxygen atoms in total. The molecule has 1 aromatic carbocycles. The van der Waals surface area contributed by atoms with Crippen molar-refractivity contribution in [2.75, 3.05) is 20.8 Å². The molecule has 1 amide bonds. The minimum absolute atomic E-state index is 0.0737. The predicted octanol–water partition coefficient (Wildman–Crippen LogP) is 2.30. The second-order valence-electron chi connectivity index (χ2n) is 5.91. The molecule has 0 saturated carbocycles. The Morgan fingerprint density at radius 2 is 2.22 bits per heavy atom. The average Bonchev–Trinajstić information content (AvgIpc) is 2.54. The van der Waals surface area contributed by atoms with Crippen LogP contribution >= 0.6 is 0 Å². The zero-order chi connectivity index (χ0) is 16.8. The summed E-state index contributed by atoms with van der Waals surface area (Å²) in [6.45, 7) is 6.83. The van der Waals surface area contributed by atoms with Crippen LogP contribution in [0.25, 0.3) is 0 Å². The summed E-state index contributed by atoms with van der Waals surface area (Å²) in [6.07, 6.45) is 4.29. The number of rotatable bonds is 6. The van der Waals surface area contributed by atoms with Crippen molar-refractivity contribution in [2.24, 2.45) is 0 Å². The van der Waals surface area contributed by atoms with E-state index in [0.717, 1.165) is 24.9 Å². The molecule has 1 aliphatic heterocycles. The average molecular weight is 318 g/mol. The van der Waals surface area contributed by atoms with E-state index in [9.17, 15) is 4.79 Å². The molecule has 0 aromatic heterocycles. The summed E-state index contributed by atoms with van der Waals surface area (Å²) < 4.78 is 10.8. The van der Waals surface area contributed by atoms with E-state index in [0.29, 0.717) is 29.5 Å². The first-order valence-electron chi connectivity index (χ1n) is 7.99. The SMILES string of the molecule is C=CCc1cc(C(=O)NC2CCNC(C)C2)cc(OC)c1OC. The number of benzene rings is 1. The molecular weight excluding hydrogens is 292 g/mol. The highest BCUT2D eigenvalue weighted by Gasteiger charge is 2.22. The van der Waals surface area contributed by atoms with Crippen LogP contribution < -0.4 is 20.1 Å². The van der Waals surface area contributed by atoms with Crippen molar-refractivity contribution in [2.45, 2.75) is 38.3 Å². The van der Waals surface area contributed by atoms with Gasteiger partial charge in [-0.1, -0.05) is 6.08 Å². The standard InChI is InChI=1S/C18H26N2O3/c1-5-6-13-10-14(11-16(22-3)17(13)23-4)18(21)20-15-7-8-19-12(2)9-15/h5,10-12,15,19H,1,6-9H2,2-4H3,(H,20,21). The third kappa shape index (κ3) is 4.26. The second-order valence-corrected chi connectivity index (χ2v) is 5.91. The number of carbonyl (C=O) groups is 1. The normalized spacial score (nSPS) is 20.7. The van der Waals surface area contributed by atoms with Crippen LogP contribution in [-0.2, 0) is 6.42 Å². The highest BCUT2D eigenvalue weighted by atomic mass is 16.5. The van der Waals surface area contributed by atoms with Gasteiger partial charge in [-0.05, 0) is 44.9 Å².